The molecule has 174 valence electrons. The van der Waals surface area contributed by atoms with Gasteiger partial charge in [0.05, 0.1) is 22.9 Å². The van der Waals surface area contributed by atoms with E-state index >= 15 is 0 Å². The monoisotopic (exact) mass is 467 g/mol. The first-order valence-electron chi connectivity index (χ1n) is 10.7. The van der Waals surface area contributed by atoms with Gasteiger partial charge >= 0.3 is 5.97 Å². The van der Waals surface area contributed by atoms with Crippen molar-refractivity contribution in [3.05, 3.63) is 59.7 Å². The predicted octanol–water partition coefficient (Wildman–Crippen LogP) is 4.48. The molecular weight excluding hydrogens is 438 g/mol. The summed E-state index contributed by atoms with van der Waals surface area (Å²) in [6, 6.07) is 15.4. The van der Waals surface area contributed by atoms with E-state index in [4.69, 9.17) is 10.00 Å². The van der Waals surface area contributed by atoms with Crippen LogP contribution < -0.4 is 5.32 Å². The van der Waals surface area contributed by atoms with E-state index in [9.17, 15) is 14.4 Å². The van der Waals surface area contributed by atoms with Crippen LogP contribution in [0.1, 0.15) is 50.5 Å². The van der Waals surface area contributed by atoms with E-state index in [0.717, 1.165) is 0 Å². The second-order valence-corrected chi connectivity index (χ2v) is 9.02. The third kappa shape index (κ3) is 7.36. The largest absolute Gasteiger partial charge is 0.449 e. The smallest absolute Gasteiger partial charge is 0.340 e. The molecule has 2 aromatic carbocycles. The first-order chi connectivity index (χ1) is 15.6. The number of amides is 2. The molecule has 0 aliphatic carbocycles. The molecule has 0 aliphatic rings. The van der Waals surface area contributed by atoms with E-state index < -0.39 is 12.1 Å². The van der Waals surface area contributed by atoms with Gasteiger partial charge in [-0.2, -0.15) is 5.26 Å². The summed E-state index contributed by atoms with van der Waals surface area (Å²) in [4.78, 5) is 40.2. The molecule has 2 rings (SSSR count). The molecular formula is C25H29N3O4S. The minimum Gasteiger partial charge on any atom is -0.449 e. The molecule has 8 heteroatoms. The van der Waals surface area contributed by atoms with E-state index in [0.29, 0.717) is 21.7 Å². The number of anilines is 1. The molecule has 0 bridgehead atoms. The number of carbonyl (C=O) groups is 3. The number of ether oxygens (including phenoxy) is 1. The van der Waals surface area contributed by atoms with Gasteiger partial charge < -0.3 is 15.0 Å². The molecule has 0 saturated heterocycles. The Hall–Kier alpha value is -3.31. The summed E-state index contributed by atoms with van der Waals surface area (Å²) >= 11 is 1.19. The van der Waals surface area contributed by atoms with Crippen LogP contribution in [0.3, 0.4) is 0 Å². The van der Waals surface area contributed by atoms with Gasteiger partial charge in [0.25, 0.3) is 5.91 Å². The van der Waals surface area contributed by atoms with E-state index in [-0.39, 0.29) is 29.7 Å². The summed E-state index contributed by atoms with van der Waals surface area (Å²) in [6.07, 6.45) is -0.934. The maximum absolute atomic E-state index is 12.8. The first kappa shape index (κ1) is 25.9. The van der Waals surface area contributed by atoms with Gasteiger partial charge in [-0.1, -0.05) is 18.2 Å². The van der Waals surface area contributed by atoms with Crippen molar-refractivity contribution in [2.24, 2.45) is 0 Å². The number of hydrogen-bond donors (Lipinski definition) is 1. The number of hydrogen-bond acceptors (Lipinski definition) is 6. The van der Waals surface area contributed by atoms with Crippen LogP contribution in [-0.4, -0.2) is 46.6 Å². The summed E-state index contributed by atoms with van der Waals surface area (Å²) < 4.78 is 5.47. The Morgan fingerprint density at radius 2 is 1.70 bits per heavy atom. The molecule has 0 aliphatic heterocycles. The van der Waals surface area contributed by atoms with Crippen LogP contribution in [0.4, 0.5) is 5.69 Å². The Morgan fingerprint density at radius 3 is 2.33 bits per heavy atom. The minimum absolute atomic E-state index is 0.0196. The van der Waals surface area contributed by atoms with Gasteiger partial charge in [-0.3, -0.25) is 9.59 Å². The van der Waals surface area contributed by atoms with Crippen molar-refractivity contribution in [3.8, 4) is 6.07 Å². The van der Waals surface area contributed by atoms with Crippen LogP contribution in [0.25, 0.3) is 0 Å². The van der Waals surface area contributed by atoms with E-state index in [1.165, 1.54) is 11.8 Å². The molecule has 0 heterocycles. The average Bonchev–Trinajstić information content (AvgIpc) is 2.77. The van der Waals surface area contributed by atoms with Gasteiger partial charge in [0.1, 0.15) is 0 Å². The zero-order valence-electron chi connectivity index (χ0n) is 19.5. The molecule has 0 radical (unpaired) electrons. The average molecular weight is 468 g/mol. The number of rotatable bonds is 9. The van der Waals surface area contributed by atoms with Gasteiger partial charge in [0, 0.05) is 22.7 Å². The minimum atomic E-state index is -0.934. The standard InChI is InChI=1S/C25H29N3O4S/c1-16(2)28(17(3)4)24(30)18(5)32-25(31)21-11-6-7-12-22(21)33-15-23(29)27-20-10-8-9-19(13-20)14-26/h6-13,16-18H,15H2,1-5H3,(H,27,29). The fraction of sp³-hybridized carbons (Fsp3) is 0.360. The highest BCUT2D eigenvalue weighted by atomic mass is 32.2. The number of nitrogens with zero attached hydrogens (tertiary/aromatic N) is 2. The van der Waals surface area contributed by atoms with Gasteiger partial charge in [0.15, 0.2) is 6.10 Å². The van der Waals surface area contributed by atoms with Crippen molar-refractivity contribution >= 4 is 35.2 Å². The summed E-state index contributed by atoms with van der Waals surface area (Å²) in [7, 11) is 0. The quantitative estimate of drug-likeness (QED) is 0.431. The summed E-state index contributed by atoms with van der Waals surface area (Å²) in [5.41, 5.74) is 1.27. The van der Waals surface area contributed by atoms with Crippen LogP contribution in [-0.2, 0) is 14.3 Å². The van der Waals surface area contributed by atoms with Crippen LogP contribution in [0.2, 0.25) is 0 Å². The lowest BCUT2D eigenvalue weighted by molar-refractivity contribution is -0.143. The van der Waals surface area contributed by atoms with E-state index in [1.807, 2.05) is 33.8 Å². The van der Waals surface area contributed by atoms with Crippen molar-refractivity contribution in [2.75, 3.05) is 11.1 Å². The molecule has 1 atom stereocenters. The Balaban J connectivity index is 2.04. The highest BCUT2D eigenvalue weighted by Gasteiger charge is 2.28. The van der Waals surface area contributed by atoms with Gasteiger partial charge in [0.2, 0.25) is 5.91 Å². The summed E-state index contributed by atoms with van der Waals surface area (Å²) in [5.74, 6) is -1.08. The number of thioether (sulfide) groups is 1. The molecule has 0 spiro atoms. The van der Waals surface area contributed by atoms with Gasteiger partial charge in [-0.15, -0.1) is 11.8 Å². The lowest BCUT2D eigenvalue weighted by Crippen LogP contribution is -2.47. The first-order valence-corrected chi connectivity index (χ1v) is 11.7. The highest BCUT2D eigenvalue weighted by molar-refractivity contribution is 8.00. The number of esters is 1. The van der Waals surface area contributed by atoms with Crippen LogP contribution in [0.15, 0.2) is 53.4 Å². The molecule has 1 N–H and O–H groups in total. The summed E-state index contributed by atoms with van der Waals surface area (Å²) in [6.45, 7) is 9.23. The normalized spacial score (nSPS) is 11.6. The fourth-order valence-corrected chi connectivity index (χ4v) is 4.20. The lowest BCUT2D eigenvalue weighted by atomic mass is 10.2. The maximum atomic E-state index is 12.8. The fourth-order valence-electron chi connectivity index (χ4n) is 3.36. The maximum Gasteiger partial charge on any atom is 0.340 e. The SMILES string of the molecule is CC(OC(=O)c1ccccc1SCC(=O)Nc1cccc(C#N)c1)C(=O)N(C(C)C)C(C)C. The van der Waals surface area contributed by atoms with Crippen molar-refractivity contribution in [2.45, 2.75) is 57.7 Å². The topological polar surface area (TPSA) is 99.5 Å². The van der Waals surface area contributed by atoms with Gasteiger partial charge in [-0.05, 0) is 65.0 Å². The molecule has 0 saturated carbocycles. The third-order valence-corrected chi connectivity index (χ3v) is 5.81. The Bertz CT molecular complexity index is 1040. The second kappa shape index (κ2) is 12.1. The molecule has 0 fully saturated rings. The second-order valence-electron chi connectivity index (χ2n) is 8.01. The molecule has 2 aromatic rings. The molecule has 1 unspecified atom stereocenters. The number of benzene rings is 2. The molecule has 33 heavy (non-hydrogen) atoms. The van der Waals surface area contributed by atoms with Crippen LogP contribution in [0, 0.1) is 11.3 Å². The lowest BCUT2D eigenvalue weighted by Gasteiger charge is -2.32. The zero-order valence-corrected chi connectivity index (χ0v) is 20.3. The number of carbonyl (C=O) groups excluding carboxylic acids is 3. The van der Waals surface area contributed by atoms with E-state index in [2.05, 4.69) is 5.32 Å². The van der Waals surface area contributed by atoms with Crippen molar-refractivity contribution < 1.29 is 19.1 Å². The number of nitrogens with one attached hydrogen (secondary N) is 1. The van der Waals surface area contributed by atoms with Crippen LogP contribution >= 0.6 is 11.8 Å². The van der Waals surface area contributed by atoms with Gasteiger partial charge in [-0.25, -0.2) is 4.79 Å². The summed E-state index contributed by atoms with van der Waals surface area (Å²) in [5, 5.41) is 11.7. The van der Waals surface area contributed by atoms with Crippen molar-refractivity contribution in [1.82, 2.24) is 4.90 Å². The Labute approximate surface area is 199 Å². The van der Waals surface area contributed by atoms with Crippen LogP contribution in [0.5, 0.6) is 0 Å². The van der Waals surface area contributed by atoms with Crippen molar-refractivity contribution in [1.29, 1.82) is 5.26 Å². The third-order valence-electron chi connectivity index (χ3n) is 4.74. The Kier molecular flexibility index (Phi) is 9.49. The van der Waals surface area contributed by atoms with Crippen molar-refractivity contribution in [3.63, 3.8) is 0 Å². The molecule has 7 nitrogen and oxygen atoms in total. The Morgan fingerprint density at radius 1 is 1.03 bits per heavy atom. The zero-order chi connectivity index (χ0) is 24.5. The number of nitriles is 1. The predicted molar refractivity (Wildman–Crippen MR) is 129 cm³/mol. The molecule has 0 aromatic heterocycles. The molecule has 2 amide bonds. The van der Waals surface area contributed by atoms with E-state index in [1.54, 1.807) is 60.4 Å². The highest BCUT2D eigenvalue weighted by Crippen LogP contribution is 2.24.